The molecule has 7 nitrogen and oxygen atoms in total. The summed E-state index contributed by atoms with van der Waals surface area (Å²) in [5.41, 5.74) is 0. The third kappa shape index (κ3) is 5.98. The van der Waals surface area contributed by atoms with Crippen molar-refractivity contribution in [1.82, 2.24) is 20.4 Å². The molecule has 25 heavy (non-hydrogen) atoms. The molecule has 0 fully saturated rings. The highest BCUT2D eigenvalue weighted by Crippen LogP contribution is 2.22. The first-order valence-corrected chi connectivity index (χ1v) is 9.40. The van der Waals surface area contributed by atoms with Gasteiger partial charge in [-0.1, -0.05) is 16.8 Å². The average molecular weight is 386 g/mol. The Morgan fingerprint density at radius 3 is 2.92 bits per heavy atom. The lowest BCUT2D eigenvalue weighted by Gasteiger charge is -2.21. The summed E-state index contributed by atoms with van der Waals surface area (Å²) >= 11 is 7.56. The number of ether oxygens (including phenoxy) is 1. The maximum absolute atomic E-state index is 5.99. The first-order valence-electron chi connectivity index (χ1n) is 8.21. The van der Waals surface area contributed by atoms with E-state index < -0.39 is 0 Å². The van der Waals surface area contributed by atoms with Crippen LogP contribution in [0.5, 0.6) is 0 Å². The number of aromatic nitrogens is 2. The Morgan fingerprint density at radius 2 is 2.28 bits per heavy atom. The van der Waals surface area contributed by atoms with Gasteiger partial charge in [-0.15, -0.1) is 11.3 Å². The molecule has 1 N–H and O–H groups in total. The molecule has 0 aliphatic heterocycles. The van der Waals surface area contributed by atoms with E-state index >= 15 is 0 Å². The Morgan fingerprint density at radius 1 is 1.48 bits per heavy atom. The van der Waals surface area contributed by atoms with Crippen molar-refractivity contribution in [2.45, 2.75) is 40.0 Å². The number of rotatable bonds is 8. The maximum atomic E-state index is 5.99. The van der Waals surface area contributed by atoms with Crippen molar-refractivity contribution in [2.24, 2.45) is 4.99 Å². The van der Waals surface area contributed by atoms with Gasteiger partial charge >= 0.3 is 0 Å². The summed E-state index contributed by atoms with van der Waals surface area (Å²) < 4.78 is 11.5. The highest BCUT2D eigenvalue weighted by atomic mass is 35.5. The summed E-state index contributed by atoms with van der Waals surface area (Å²) in [4.78, 5) is 12.1. The van der Waals surface area contributed by atoms with Gasteiger partial charge in [-0.3, -0.25) is 0 Å². The van der Waals surface area contributed by atoms with Crippen LogP contribution in [0.4, 0.5) is 0 Å². The van der Waals surface area contributed by atoms with Crippen molar-refractivity contribution >= 4 is 28.9 Å². The number of hydrogen-bond acceptors (Lipinski definition) is 6. The van der Waals surface area contributed by atoms with E-state index in [1.165, 1.54) is 4.88 Å². The van der Waals surface area contributed by atoms with Crippen LogP contribution in [-0.2, 0) is 17.8 Å². The zero-order chi connectivity index (χ0) is 18.2. The zero-order valence-corrected chi connectivity index (χ0v) is 16.5. The fourth-order valence-electron chi connectivity index (χ4n) is 2.18. The van der Waals surface area contributed by atoms with Gasteiger partial charge < -0.3 is 19.5 Å². The lowest BCUT2D eigenvalue weighted by Crippen LogP contribution is -2.38. The van der Waals surface area contributed by atoms with E-state index in [1.54, 1.807) is 11.3 Å². The molecule has 2 heterocycles. The number of nitrogens with one attached hydrogen (secondary N) is 1. The molecule has 0 aliphatic carbocycles. The van der Waals surface area contributed by atoms with Crippen LogP contribution in [-0.4, -0.2) is 41.2 Å². The Kier molecular flexibility index (Phi) is 7.67. The molecule has 1 atom stereocenters. The van der Waals surface area contributed by atoms with Crippen LogP contribution >= 0.6 is 22.9 Å². The van der Waals surface area contributed by atoms with Gasteiger partial charge in [-0.05, 0) is 32.9 Å². The van der Waals surface area contributed by atoms with Crippen molar-refractivity contribution in [3.63, 3.8) is 0 Å². The number of hydrogen-bond donors (Lipinski definition) is 1. The Hall–Kier alpha value is -1.64. The van der Waals surface area contributed by atoms with Gasteiger partial charge in [0.05, 0.1) is 10.9 Å². The van der Waals surface area contributed by atoms with E-state index in [-0.39, 0.29) is 6.10 Å². The predicted octanol–water partition coefficient (Wildman–Crippen LogP) is 3.48. The number of aliphatic imine (C=N–C) groups is 1. The van der Waals surface area contributed by atoms with Gasteiger partial charge in [0, 0.05) is 25.1 Å². The lowest BCUT2D eigenvalue weighted by atomic mass is 10.4. The van der Waals surface area contributed by atoms with Gasteiger partial charge in [-0.2, -0.15) is 4.98 Å². The van der Waals surface area contributed by atoms with E-state index in [0.717, 1.165) is 23.4 Å². The average Bonchev–Trinajstić information content (AvgIpc) is 3.20. The Balaban J connectivity index is 2.01. The van der Waals surface area contributed by atoms with E-state index in [4.69, 9.17) is 20.9 Å². The van der Waals surface area contributed by atoms with Crippen molar-refractivity contribution in [3.05, 3.63) is 33.1 Å². The molecular formula is C16H24ClN5O2S. The second-order valence-corrected chi connectivity index (χ2v) is 7.18. The summed E-state index contributed by atoms with van der Waals surface area (Å²) in [6, 6.07) is 3.92. The van der Waals surface area contributed by atoms with Gasteiger partial charge in [0.25, 0.3) is 0 Å². The van der Waals surface area contributed by atoms with Crippen molar-refractivity contribution in [3.8, 4) is 0 Å². The van der Waals surface area contributed by atoms with Crippen LogP contribution in [0, 0.1) is 0 Å². The quantitative estimate of drug-likeness (QED) is 0.553. The van der Waals surface area contributed by atoms with Crippen LogP contribution in [0.15, 0.2) is 21.6 Å². The Bertz CT molecular complexity index is 688. The largest absolute Gasteiger partial charge is 0.371 e. The summed E-state index contributed by atoms with van der Waals surface area (Å²) in [5, 5.41) is 7.21. The summed E-state index contributed by atoms with van der Waals surface area (Å²) in [6.45, 7) is 8.26. The molecule has 0 spiro atoms. The van der Waals surface area contributed by atoms with Crippen molar-refractivity contribution in [2.75, 3.05) is 20.2 Å². The molecule has 0 bridgehead atoms. The van der Waals surface area contributed by atoms with E-state index in [1.807, 2.05) is 44.9 Å². The third-order valence-corrected chi connectivity index (χ3v) is 4.56. The summed E-state index contributed by atoms with van der Waals surface area (Å²) in [6.07, 6.45) is -0.189. The molecule has 0 radical (unpaired) electrons. The normalized spacial score (nSPS) is 13.1. The van der Waals surface area contributed by atoms with Crippen molar-refractivity contribution in [1.29, 1.82) is 0 Å². The van der Waals surface area contributed by atoms with Crippen LogP contribution in [0.3, 0.4) is 0 Å². The number of halogens is 1. The van der Waals surface area contributed by atoms with Crippen molar-refractivity contribution < 1.29 is 9.26 Å². The summed E-state index contributed by atoms with van der Waals surface area (Å²) in [7, 11) is 1.98. The summed E-state index contributed by atoms with van der Waals surface area (Å²) in [5.74, 6) is 1.77. The highest BCUT2D eigenvalue weighted by Gasteiger charge is 2.14. The second kappa shape index (κ2) is 9.74. The molecule has 9 heteroatoms. The molecular weight excluding hydrogens is 362 g/mol. The van der Waals surface area contributed by atoms with Gasteiger partial charge in [0.1, 0.15) is 12.6 Å². The molecule has 0 saturated carbocycles. The van der Waals surface area contributed by atoms with E-state index in [0.29, 0.717) is 24.9 Å². The smallest absolute Gasteiger partial charge is 0.248 e. The molecule has 138 valence electrons. The van der Waals surface area contributed by atoms with Crippen LogP contribution in [0.25, 0.3) is 0 Å². The standard InChI is InChI=1S/C16H24ClN5O2S/c1-5-18-16(22(4)10-12-7-8-13(17)25-12)19-9-14-20-15(21-24-14)11(3)23-6-2/h7-8,11H,5-6,9-10H2,1-4H3,(H,18,19). The number of guanidine groups is 1. The molecule has 2 rings (SSSR count). The molecule has 0 saturated heterocycles. The second-order valence-electron chi connectivity index (χ2n) is 5.38. The maximum Gasteiger partial charge on any atom is 0.248 e. The fourth-order valence-corrected chi connectivity index (χ4v) is 3.32. The van der Waals surface area contributed by atoms with Crippen LogP contribution in [0.2, 0.25) is 4.34 Å². The Labute approximate surface area is 157 Å². The van der Waals surface area contributed by atoms with Crippen LogP contribution < -0.4 is 5.32 Å². The lowest BCUT2D eigenvalue weighted by molar-refractivity contribution is 0.0683. The molecule has 2 aromatic heterocycles. The van der Waals surface area contributed by atoms with Crippen LogP contribution in [0.1, 0.15) is 43.5 Å². The van der Waals surface area contributed by atoms with Gasteiger partial charge in [0.15, 0.2) is 11.8 Å². The van der Waals surface area contributed by atoms with E-state index in [9.17, 15) is 0 Å². The first kappa shape index (κ1) is 19.7. The molecule has 1 unspecified atom stereocenters. The minimum Gasteiger partial charge on any atom is -0.371 e. The SMILES string of the molecule is CCNC(=NCc1nc(C(C)OCC)no1)N(C)Cc1ccc(Cl)s1. The minimum atomic E-state index is -0.189. The minimum absolute atomic E-state index is 0.189. The molecule has 2 aromatic rings. The van der Waals surface area contributed by atoms with Gasteiger partial charge in [-0.25, -0.2) is 4.99 Å². The molecule has 0 aliphatic rings. The van der Waals surface area contributed by atoms with Gasteiger partial charge in [0.2, 0.25) is 5.89 Å². The third-order valence-electron chi connectivity index (χ3n) is 3.35. The highest BCUT2D eigenvalue weighted by molar-refractivity contribution is 7.16. The molecule has 0 aromatic carbocycles. The number of thiophene rings is 1. The monoisotopic (exact) mass is 385 g/mol. The predicted molar refractivity (Wildman–Crippen MR) is 100.0 cm³/mol. The van der Waals surface area contributed by atoms with E-state index in [2.05, 4.69) is 20.4 Å². The first-order chi connectivity index (χ1) is 12.0. The fraction of sp³-hybridized carbons (Fsp3) is 0.562. The number of nitrogens with zero attached hydrogens (tertiary/aromatic N) is 4. The molecule has 0 amide bonds. The zero-order valence-electron chi connectivity index (χ0n) is 15.0. The topological polar surface area (TPSA) is 75.8 Å².